The first-order valence-corrected chi connectivity index (χ1v) is 9.41. The van der Waals surface area contributed by atoms with Crippen LogP contribution >= 0.6 is 15.9 Å². The summed E-state index contributed by atoms with van der Waals surface area (Å²) in [4.78, 5) is 18.6. The van der Waals surface area contributed by atoms with E-state index in [0.29, 0.717) is 23.9 Å². The number of aromatic nitrogens is 2. The van der Waals surface area contributed by atoms with Gasteiger partial charge in [0.2, 0.25) is 11.7 Å². The topological polar surface area (TPSA) is 68.5 Å². The molecule has 0 spiro atoms. The standard InChI is InChI=1S/C20H20BrN3O3/c1-3-17(26-16-10-5-4-6-11-16)20(25)24(2)13-18-22-19(23-27-18)14-8-7-9-15(21)12-14/h4-12,17H,3,13H2,1-2H3. The van der Waals surface area contributed by atoms with Crippen LogP contribution < -0.4 is 4.74 Å². The number of amides is 1. The van der Waals surface area contributed by atoms with E-state index in [0.717, 1.165) is 10.0 Å². The molecule has 27 heavy (non-hydrogen) atoms. The maximum absolute atomic E-state index is 12.7. The van der Waals surface area contributed by atoms with E-state index in [-0.39, 0.29) is 12.5 Å². The number of halogens is 1. The molecule has 2 aromatic carbocycles. The highest BCUT2D eigenvalue weighted by atomic mass is 79.9. The normalized spacial score (nSPS) is 11.8. The summed E-state index contributed by atoms with van der Waals surface area (Å²) in [7, 11) is 1.70. The molecule has 1 aromatic heterocycles. The molecule has 0 radical (unpaired) electrons. The van der Waals surface area contributed by atoms with Crippen LogP contribution in [0.15, 0.2) is 63.6 Å². The average molecular weight is 430 g/mol. The number of carbonyl (C=O) groups is 1. The third-order valence-electron chi connectivity index (χ3n) is 3.97. The Balaban J connectivity index is 1.65. The smallest absolute Gasteiger partial charge is 0.263 e. The summed E-state index contributed by atoms with van der Waals surface area (Å²) in [5.41, 5.74) is 0.840. The number of nitrogens with zero attached hydrogens (tertiary/aromatic N) is 3. The molecule has 0 fully saturated rings. The Bertz CT molecular complexity index is 898. The van der Waals surface area contributed by atoms with Gasteiger partial charge in [-0.25, -0.2) is 0 Å². The fourth-order valence-corrected chi connectivity index (χ4v) is 2.96. The summed E-state index contributed by atoms with van der Waals surface area (Å²) < 4.78 is 12.0. The number of hydrogen-bond acceptors (Lipinski definition) is 5. The van der Waals surface area contributed by atoms with Crippen LogP contribution in [0.25, 0.3) is 11.4 Å². The van der Waals surface area contributed by atoms with Gasteiger partial charge >= 0.3 is 0 Å². The first-order valence-electron chi connectivity index (χ1n) is 8.62. The van der Waals surface area contributed by atoms with Gasteiger partial charge in [0.1, 0.15) is 5.75 Å². The van der Waals surface area contributed by atoms with Crippen molar-refractivity contribution >= 4 is 21.8 Å². The second kappa shape index (κ2) is 8.81. The van der Waals surface area contributed by atoms with Gasteiger partial charge in [0, 0.05) is 17.1 Å². The molecule has 1 heterocycles. The van der Waals surface area contributed by atoms with Crippen LogP contribution in [0.1, 0.15) is 19.2 Å². The van der Waals surface area contributed by atoms with Crippen molar-refractivity contribution in [1.29, 1.82) is 0 Å². The van der Waals surface area contributed by atoms with E-state index in [1.807, 2.05) is 61.5 Å². The molecule has 1 atom stereocenters. The lowest BCUT2D eigenvalue weighted by Crippen LogP contribution is -2.39. The molecule has 0 N–H and O–H groups in total. The van der Waals surface area contributed by atoms with Crippen LogP contribution in [-0.4, -0.2) is 34.1 Å². The van der Waals surface area contributed by atoms with E-state index in [4.69, 9.17) is 9.26 Å². The number of ether oxygens (including phenoxy) is 1. The zero-order valence-corrected chi connectivity index (χ0v) is 16.7. The first-order chi connectivity index (χ1) is 13.1. The molecule has 0 aliphatic rings. The fraction of sp³-hybridized carbons (Fsp3) is 0.250. The monoisotopic (exact) mass is 429 g/mol. The summed E-state index contributed by atoms with van der Waals surface area (Å²) in [6, 6.07) is 16.9. The van der Waals surface area contributed by atoms with E-state index in [1.165, 1.54) is 4.90 Å². The van der Waals surface area contributed by atoms with Gasteiger partial charge in [0.05, 0.1) is 6.54 Å². The number of para-hydroxylation sites is 1. The maximum atomic E-state index is 12.7. The number of likely N-dealkylation sites (N-methyl/N-ethyl adjacent to an activating group) is 1. The number of benzene rings is 2. The molecule has 6 nitrogen and oxygen atoms in total. The Kier molecular flexibility index (Phi) is 6.24. The highest BCUT2D eigenvalue weighted by molar-refractivity contribution is 9.10. The molecule has 0 bridgehead atoms. The molecular weight excluding hydrogens is 410 g/mol. The van der Waals surface area contributed by atoms with Gasteiger partial charge in [-0.15, -0.1) is 0 Å². The Morgan fingerprint density at radius 1 is 1.22 bits per heavy atom. The minimum absolute atomic E-state index is 0.136. The summed E-state index contributed by atoms with van der Waals surface area (Å²) in [5, 5.41) is 4.00. The quantitative estimate of drug-likeness (QED) is 0.559. The number of hydrogen-bond donors (Lipinski definition) is 0. The van der Waals surface area contributed by atoms with Crippen molar-refractivity contribution in [2.75, 3.05) is 7.05 Å². The molecule has 140 valence electrons. The lowest BCUT2D eigenvalue weighted by molar-refractivity contribution is -0.138. The van der Waals surface area contributed by atoms with E-state index in [2.05, 4.69) is 26.1 Å². The van der Waals surface area contributed by atoms with Crippen molar-refractivity contribution in [2.45, 2.75) is 26.0 Å². The van der Waals surface area contributed by atoms with Crippen molar-refractivity contribution in [3.63, 3.8) is 0 Å². The van der Waals surface area contributed by atoms with Crippen LogP contribution in [0.5, 0.6) is 5.75 Å². The van der Waals surface area contributed by atoms with Gasteiger partial charge in [-0.3, -0.25) is 4.79 Å². The summed E-state index contributed by atoms with van der Waals surface area (Å²) in [6.07, 6.45) is -0.00423. The van der Waals surface area contributed by atoms with Gasteiger partial charge in [-0.2, -0.15) is 4.98 Å². The zero-order chi connectivity index (χ0) is 19.2. The number of rotatable bonds is 7. The van der Waals surface area contributed by atoms with E-state index < -0.39 is 6.10 Å². The van der Waals surface area contributed by atoms with Crippen LogP contribution in [-0.2, 0) is 11.3 Å². The fourth-order valence-electron chi connectivity index (χ4n) is 2.56. The van der Waals surface area contributed by atoms with Gasteiger partial charge in [-0.05, 0) is 30.7 Å². The first kappa shape index (κ1) is 19.1. The predicted molar refractivity (Wildman–Crippen MR) is 105 cm³/mol. The lowest BCUT2D eigenvalue weighted by atomic mass is 10.2. The molecule has 3 rings (SSSR count). The molecule has 1 amide bonds. The minimum Gasteiger partial charge on any atom is -0.481 e. The van der Waals surface area contributed by atoms with Crippen molar-refractivity contribution in [3.05, 3.63) is 65.0 Å². The van der Waals surface area contributed by atoms with Crippen molar-refractivity contribution in [3.8, 4) is 17.1 Å². The van der Waals surface area contributed by atoms with Crippen LogP contribution in [0.2, 0.25) is 0 Å². The molecule has 3 aromatic rings. The van der Waals surface area contributed by atoms with Crippen LogP contribution in [0.3, 0.4) is 0 Å². The minimum atomic E-state index is -0.565. The zero-order valence-electron chi connectivity index (χ0n) is 15.1. The SMILES string of the molecule is CCC(Oc1ccccc1)C(=O)N(C)Cc1nc(-c2cccc(Br)c2)no1. The van der Waals surface area contributed by atoms with Crippen LogP contribution in [0, 0.1) is 0 Å². The molecule has 0 saturated carbocycles. The van der Waals surface area contributed by atoms with Gasteiger partial charge in [0.15, 0.2) is 6.10 Å². The second-order valence-electron chi connectivity index (χ2n) is 6.04. The van der Waals surface area contributed by atoms with E-state index in [1.54, 1.807) is 7.05 Å². The van der Waals surface area contributed by atoms with E-state index in [9.17, 15) is 4.79 Å². The molecule has 0 aliphatic carbocycles. The average Bonchev–Trinajstić information content (AvgIpc) is 3.15. The van der Waals surface area contributed by atoms with Crippen LogP contribution in [0.4, 0.5) is 0 Å². The Hall–Kier alpha value is -2.67. The largest absolute Gasteiger partial charge is 0.481 e. The third kappa shape index (κ3) is 4.95. The van der Waals surface area contributed by atoms with E-state index >= 15 is 0 Å². The Morgan fingerprint density at radius 3 is 2.70 bits per heavy atom. The molecular formula is C20H20BrN3O3. The van der Waals surface area contributed by atoms with Gasteiger partial charge in [0.25, 0.3) is 5.91 Å². The van der Waals surface area contributed by atoms with Crippen molar-refractivity contribution in [2.24, 2.45) is 0 Å². The third-order valence-corrected chi connectivity index (χ3v) is 4.46. The summed E-state index contributed by atoms with van der Waals surface area (Å²) in [6.45, 7) is 2.13. The number of carbonyl (C=O) groups excluding carboxylic acids is 1. The van der Waals surface area contributed by atoms with Gasteiger partial charge < -0.3 is 14.2 Å². The Labute approximate surface area is 166 Å². The summed E-state index contributed by atoms with van der Waals surface area (Å²) in [5.74, 6) is 1.39. The predicted octanol–water partition coefficient (Wildman–Crippen LogP) is 4.32. The molecule has 0 aliphatic heterocycles. The lowest BCUT2D eigenvalue weighted by Gasteiger charge is -2.22. The van der Waals surface area contributed by atoms with Crippen molar-refractivity contribution < 1.29 is 14.1 Å². The second-order valence-corrected chi connectivity index (χ2v) is 6.96. The highest BCUT2D eigenvalue weighted by Crippen LogP contribution is 2.21. The van der Waals surface area contributed by atoms with Gasteiger partial charge in [-0.1, -0.05) is 58.3 Å². The summed E-state index contributed by atoms with van der Waals surface area (Å²) >= 11 is 3.42. The highest BCUT2D eigenvalue weighted by Gasteiger charge is 2.24. The Morgan fingerprint density at radius 2 is 2.00 bits per heavy atom. The molecule has 1 unspecified atom stereocenters. The maximum Gasteiger partial charge on any atom is 0.263 e. The molecule has 7 heteroatoms. The van der Waals surface area contributed by atoms with Crippen molar-refractivity contribution in [1.82, 2.24) is 15.0 Å². The molecule has 0 saturated heterocycles.